The van der Waals surface area contributed by atoms with Crippen LogP contribution in [-0.2, 0) is 4.79 Å². The Balaban J connectivity index is 2.15. The summed E-state index contributed by atoms with van der Waals surface area (Å²) in [6.45, 7) is 0.714. The fourth-order valence-corrected chi connectivity index (χ4v) is 1.80. The van der Waals surface area contributed by atoms with Crippen molar-refractivity contribution >= 4 is 17.3 Å². The number of nitrogens with two attached hydrogens (primary N) is 1. The van der Waals surface area contributed by atoms with E-state index in [4.69, 9.17) is 5.73 Å². The third kappa shape index (κ3) is 1.93. The molecule has 1 saturated heterocycles. The molecule has 1 unspecified atom stereocenters. The second kappa shape index (κ2) is 4.00. The zero-order valence-electron chi connectivity index (χ0n) is 9.03. The Morgan fingerprint density at radius 3 is 2.94 bits per heavy atom. The molecule has 1 aromatic carbocycles. The van der Waals surface area contributed by atoms with Crippen LogP contribution in [0.3, 0.4) is 0 Å². The van der Waals surface area contributed by atoms with Gasteiger partial charge >= 0.3 is 0 Å². The molecule has 0 aromatic heterocycles. The van der Waals surface area contributed by atoms with Gasteiger partial charge in [0.25, 0.3) is 0 Å². The van der Waals surface area contributed by atoms with Crippen molar-refractivity contribution in [1.82, 2.24) is 4.90 Å². The minimum atomic E-state index is -0.365. The summed E-state index contributed by atoms with van der Waals surface area (Å²) in [6, 6.07) is 3.79. The van der Waals surface area contributed by atoms with E-state index in [1.54, 1.807) is 11.9 Å². The number of benzene rings is 1. The van der Waals surface area contributed by atoms with Crippen LogP contribution < -0.4 is 11.1 Å². The summed E-state index contributed by atoms with van der Waals surface area (Å²) in [5, 5.41) is 2.97. The molecule has 16 heavy (non-hydrogen) atoms. The van der Waals surface area contributed by atoms with Crippen molar-refractivity contribution in [3.63, 3.8) is 0 Å². The maximum Gasteiger partial charge on any atom is 0.244 e. The van der Waals surface area contributed by atoms with E-state index in [1.807, 2.05) is 0 Å². The van der Waals surface area contributed by atoms with E-state index in [1.165, 1.54) is 18.2 Å². The van der Waals surface area contributed by atoms with Gasteiger partial charge in [-0.1, -0.05) is 0 Å². The molecule has 86 valence electrons. The SMILES string of the molecule is CN1CCC(Nc2cc(F)ccc2N)C1=O. The van der Waals surface area contributed by atoms with Gasteiger partial charge in [-0.15, -0.1) is 0 Å². The van der Waals surface area contributed by atoms with E-state index in [-0.39, 0.29) is 17.8 Å². The van der Waals surface area contributed by atoms with Crippen LogP contribution in [0.2, 0.25) is 0 Å². The highest BCUT2D eigenvalue weighted by Gasteiger charge is 2.29. The zero-order valence-corrected chi connectivity index (χ0v) is 9.03. The van der Waals surface area contributed by atoms with Crippen LogP contribution in [0.5, 0.6) is 0 Å². The largest absolute Gasteiger partial charge is 0.397 e. The average molecular weight is 223 g/mol. The normalized spacial score (nSPS) is 20.2. The minimum Gasteiger partial charge on any atom is -0.397 e. The third-order valence-electron chi connectivity index (χ3n) is 2.77. The highest BCUT2D eigenvalue weighted by atomic mass is 19.1. The lowest BCUT2D eigenvalue weighted by Crippen LogP contribution is -2.31. The summed E-state index contributed by atoms with van der Waals surface area (Å²) >= 11 is 0. The van der Waals surface area contributed by atoms with Gasteiger partial charge in [0.2, 0.25) is 5.91 Å². The topological polar surface area (TPSA) is 58.4 Å². The Kier molecular flexibility index (Phi) is 2.68. The van der Waals surface area contributed by atoms with Crippen molar-refractivity contribution in [3.8, 4) is 0 Å². The standard InChI is InChI=1S/C11H14FN3O/c1-15-5-4-9(11(15)16)14-10-6-7(12)2-3-8(10)13/h2-3,6,9,14H,4-5,13H2,1H3. The van der Waals surface area contributed by atoms with Gasteiger partial charge < -0.3 is 16.0 Å². The molecule has 0 spiro atoms. The van der Waals surface area contributed by atoms with Gasteiger partial charge in [0, 0.05) is 13.6 Å². The predicted octanol–water partition coefficient (Wildman–Crippen LogP) is 1.05. The molecule has 2 rings (SSSR count). The van der Waals surface area contributed by atoms with Crippen LogP contribution >= 0.6 is 0 Å². The number of amides is 1. The number of nitrogens with zero attached hydrogens (tertiary/aromatic N) is 1. The molecule has 0 bridgehead atoms. The summed E-state index contributed by atoms with van der Waals surface area (Å²) in [4.78, 5) is 13.3. The summed E-state index contributed by atoms with van der Waals surface area (Å²) < 4.78 is 13.0. The van der Waals surface area contributed by atoms with Gasteiger partial charge in [0.15, 0.2) is 0 Å². The monoisotopic (exact) mass is 223 g/mol. The summed E-state index contributed by atoms with van der Waals surface area (Å²) in [6.07, 6.45) is 0.714. The second-order valence-corrected chi connectivity index (χ2v) is 3.98. The van der Waals surface area contributed by atoms with E-state index in [0.717, 1.165) is 0 Å². The number of nitrogen functional groups attached to an aromatic ring is 1. The molecule has 1 aromatic rings. The van der Waals surface area contributed by atoms with Crippen LogP contribution in [0.25, 0.3) is 0 Å². The first-order valence-electron chi connectivity index (χ1n) is 5.14. The van der Waals surface area contributed by atoms with Gasteiger partial charge in [0.05, 0.1) is 11.4 Å². The highest BCUT2D eigenvalue weighted by Crippen LogP contribution is 2.22. The maximum atomic E-state index is 13.0. The Morgan fingerprint density at radius 1 is 1.56 bits per heavy atom. The van der Waals surface area contributed by atoms with Crippen LogP contribution in [0, 0.1) is 5.82 Å². The van der Waals surface area contributed by atoms with Gasteiger partial charge in [-0.2, -0.15) is 0 Å². The number of hydrogen-bond acceptors (Lipinski definition) is 3. The summed E-state index contributed by atoms with van der Waals surface area (Å²) in [5.41, 5.74) is 6.62. The van der Waals surface area contributed by atoms with Gasteiger partial charge in [0.1, 0.15) is 11.9 Å². The van der Waals surface area contributed by atoms with Crippen molar-refractivity contribution in [1.29, 1.82) is 0 Å². The zero-order chi connectivity index (χ0) is 11.7. The maximum absolute atomic E-state index is 13.0. The number of likely N-dealkylation sites (tertiary alicyclic amines) is 1. The molecular formula is C11H14FN3O. The Labute approximate surface area is 93.2 Å². The highest BCUT2D eigenvalue weighted by molar-refractivity contribution is 5.87. The molecule has 0 aliphatic carbocycles. The van der Waals surface area contributed by atoms with Crippen molar-refractivity contribution in [2.75, 3.05) is 24.6 Å². The molecule has 4 nitrogen and oxygen atoms in total. The van der Waals surface area contributed by atoms with E-state index in [0.29, 0.717) is 24.3 Å². The molecule has 1 heterocycles. The number of likely N-dealkylation sites (N-methyl/N-ethyl adjacent to an activating group) is 1. The van der Waals surface area contributed by atoms with E-state index in [2.05, 4.69) is 5.32 Å². The van der Waals surface area contributed by atoms with Crippen LogP contribution in [-0.4, -0.2) is 30.4 Å². The molecule has 1 aliphatic heterocycles. The molecule has 0 radical (unpaired) electrons. The summed E-state index contributed by atoms with van der Waals surface area (Å²) in [7, 11) is 1.75. The molecule has 3 N–H and O–H groups in total. The first-order valence-corrected chi connectivity index (χ1v) is 5.14. The predicted molar refractivity (Wildman–Crippen MR) is 60.5 cm³/mol. The van der Waals surface area contributed by atoms with Crippen LogP contribution in [0.15, 0.2) is 18.2 Å². The van der Waals surface area contributed by atoms with Crippen molar-refractivity contribution < 1.29 is 9.18 Å². The van der Waals surface area contributed by atoms with Gasteiger partial charge in [-0.25, -0.2) is 4.39 Å². The quantitative estimate of drug-likeness (QED) is 0.737. The number of rotatable bonds is 2. The summed E-state index contributed by atoms with van der Waals surface area (Å²) in [5.74, 6) is -0.348. The minimum absolute atomic E-state index is 0.0173. The number of anilines is 2. The smallest absolute Gasteiger partial charge is 0.244 e. The second-order valence-electron chi connectivity index (χ2n) is 3.98. The van der Waals surface area contributed by atoms with E-state index in [9.17, 15) is 9.18 Å². The molecule has 1 atom stereocenters. The lowest BCUT2D eigenvalue weighted by atomic mass is 10.2. The lowest BCUT2D eigenvalue weighted by Gasteiger charge is -2.15. The first kappa shape index (κ1) is 10.7. The van der Waals surface area contributed by atoms with E-state index >= 15 is 0 Å². The molecular weight excluding hydrogens is 209 g/mol. The third-order valence-corrected chi connectivity index (χ3v) is 2.77. The lowest BCUT2D eigenvalue weighted by molar-refractivity contribution is -0.127. The molecule has 1 amide bonds. The molecule has 1 aliphatic rings. The van der Waals surface area contributed by atoms with Crippen molar-refractivity contribution in [3.05, 3.63) is 24.0 Å². The van der Waals surface area contributed by atoms with Crippen molar-refractivity contribution in [2.45, 2.75) is 12.5 Å². The number of carbonyl (C=O) groups is 1. The molecule has 5 heteroatoms. The number of nitrogens with one attached hydrogen (secondary N) is 1. The fourth-order valence-electron chi connectivity index (χ4n) is 1.80. The van der Waals surface area contributed by atoms with Crippen LogP contribution in [0.4, 0.5) is 15.8 Å². The average Bonchev–Trinajstić information content (AvgIpc) is 2.55. The Bertz CT molecular complexity index is 422. The number of halogens is 1. The number of carbonyl (C=O) groups excluding carboxylic acids is 1. The van der Waals surface area contributed by atoms with Crippen LogP contribution in [0.1, 0.15) is 6.42 Å². The molecule has 1 fully saturated rings. The first-order chi connectivity index (χ1) is 7.58. The van der Waals surface area contributed by atoms with Gasteiger partial charge in [-0.3, -0.25) is 4.79 Å². The van der Waals surface area contributed by atoms with E-state index < -0.39 is 0 Å². The fraction of sp³-hybridized carbons (Fsp3) is 0.364. The van der Waals surface area contributed by atoms with Crippen molar-refractivity contribution in [2.24, 2.45) is 0 Å². The molecule has 0 saturated carbocycles. The Hall–Kier alpha value is -1.78. The van der Waals surface area contributed by atoms with Gasteiger partial charge in [-0.05, 0) is 24.6 Å². The Morgan fingerprint density at radius 2 is 2.31 bits per heavy atom. The number of hydrogen-bond donors (Lipinski definition) is 2.